The Hall–Kier alpha value is -2.57. The average Bonchev–Trinajstić information content (AvgIpc) is 2.95. The Kier molecular flexibility index (Phi) is 5.21. The third kappa shape index (κ3) is 4.29. The highest BCUT2D eigenvalue weighted by molar-refractivity contribution is 5.82. The molecular formula is C18H24N4O3. The van der Waals surface area contributed by atoms with Crippen LogP contribution in [0.4, 0.5) is 4.79 Å². The molecule has 4 amide bonds. The lowest BCUT2D eigenvalue weighted by molar-refractivity contribution is -0.128. The Bertz CT molecular complexity index is 641. The number of hydrogen-bond acceptors (Lipinski definition) is 3. The van der Waals surface area contributed by atoms with Crippen LogP contribution in [0, 0.1) is 5.92 Å². The maximum absolute atomic E-state index is 12.4. The van der Waals surface area contributed by atoms with E-state index in [9.17, 15) is 14.4 Å². The summed E-state index contributed by atoms with van der Waals surface area (Å²) in [5.41, 5.74) is 6.39. The Balaban J connectivity index is 1.48. The summed E-state index contributed by atoms with van der Waals surface area (Å²) in [4.78, 5) is 39.2. The third-order valence-corrected chi connectivity index (χ3v) is 4.94. The molecule has 0 aliphatic carbocycles. The largest absolute Gasteiger partial charge is 0.369 e. The van der Waals surface area contributed by atoms with Gasteiger partial charge in [0.15, 0.2) is 0 Å². The number of primary amides is 1. The van der Waals surface area contributed by atoms with E-state index in [1.54, 1.807) is 9.80 Å². The number of hydrogen-bond donors (Lipinski definition) is 2. The number of nitrogens with zero attached hydrogens (tertiary/aromatic N) is 2. The first-order valence-corrected chi connectivity index (χ1v) is 8.69. The molecule has 7 heteroatoms. The molecule has 0 bridgehead atoms. The van der Waals surface area contributed by atoms with Crippen LogP contribution in [0.5, 0.6) is 0 Å². The summed E-state index contributed by atoms with van der Waals surface area (Å²) < 4.78 is 0. The first-order chi connectivity index (χ1) is 12.0. The van der Waals surface area contributed by atoms with Crippen LogP contribution in [0.15, 0.2) is 30.3 Å². The van der Waals surface area contributed by atoms with Gasteiger partial charge in [-0.2, -0.15) is 0 Å². The average molecular weight is 344 g/mol. The van der Waals surface area contributed by atoms with Crippen LogP contribution in [-0.2, 0) is 16.1 Å². The molecule has 0 spiro atoms. The zero-order chi connectivity index (χ0) is 17.8. The van der Waals surface area contributed by atoms with E-state index in [4.69, 9.17) is 5.73 Å². The summed E-state index contributed by atoms with van der Waals surface area (Å²) in [6.07, 6.45) is 1.54. The second-order valence-electron chi connectivity index (χ2n) is 6.77. The van der Waals surface area contributed by atoms with Crippen LogP contribution in [-0.4, -0.2) is 53.3 Å². The van der Waals surface area contributed by atoms with Gasteiger partial charge in [-0.3, -0.25) is 9.59 Å². The quantitative estimate of drug-likeness (QED) is 0.841. The molecule has 1 aromatic rings. The number of rotatable bonds is 4. The minimum Gasteiger partial charge on any atom is -0.369 e. The molecule has 2 saturated heterocycles. The van der Waals surface area contributed by atoms with Crippen molar-refractivity contribution in [2.45, 2.75) is 31.8 Å². The van der Waals surface area contributed by atoms with Gasteiger partial charge in [-0.25, -0.2) is 4.79 Å². The normalized spacial score (nSPS) is 21.4. The molecule has 1 aromatic carbocycles. The molecule has 2 aliphatic rings. The third-order valence-electron chi connectivity index (χ3n) is 4.94. The monoisotopic (exact) mass is 344 g/mol. The number of benzene rings is 1. The van der Waals surface area contributed by atoms with Gasteiger partial charge in [0.2, 0.25) is 11.8 Å². The van der Waals surface area contributed by atoms with Crippen molar-refractivity contribution < 1.29 is 14.4 Å². The van der Waals surface area contributed by atoms with Crippen molar-refractivity contribution in [3.63, 3.8) is 0 Å². The van der Waals surface area contributed by atoms with E-state index in [-0.39, 0.29) is 29.8 Å². The first kappa shape index (κ1) is 17.3. The zero-order valence-corrected chi connectivity index (χ0v) is 14.2. The van der Waals surface area contributed by atoms with Crippen LogP contribution in [0.2, 0.25) is 0 Å². The number of amides is 4. The van der Waals surface area contributed by atoms with E-state index in [1.165, 1.54) is 0 Å². The van der Waals surface area contributed by atoms with E-state index in [1.807, 2.05) is 30.3 Å². The maximum atomic E-state index is 12.4. The van der Waals surface area contributed by atoms with Crippen molar-refractivity contribution in [3.05, 3.63) is 35.9 Å². The van der Waals surface area contributed by atoms with Crippen LogP contribution in [0.1, 0.15) is 24.8 Å². The highest BCUT2D eigenvalue weighted by Crippen LogP contribution is 2.18. The van der Waals surface area contributed by atoms with Crippen molar-refractivity contribution in [1.82, 2.24) is 15.1 Å². The summed E-state index contributed by atoms with van der Waals surface area (Å²) in [5, 5.41) is 2.95. The van der Waals surface area contributed by atoms with Gasteiger partial charge in [0, 0.05) is 38.5 Å². The topological polar surface area (TPSA) is 95.7 Å². The maximum Gasteiger partial charge on any atom is 0.317 e. The summed E-state index contributed by atoms with van der Waals surface area (Å²) in [6, 6.07) is 9.49. The highest BCUT2D eigenvalue weighted by atomic mass is 16.2. The van der Waals surface area contributed by atoms with Gasteiger partial charge in [-0.05, 0) is 18.4 Å². The fraction of sp³-hybridized carbons (Fsp3) is 0.500. The molecule has 2 aliphatic heterocycles. The SMILES string of the molecule is NC(=O)C1CCN(C(=O)NC2CC(=O)N(Cc3ccccc3)C2)CC1. The van der Waals surface area contributed by atoms with Gasteiger partial charge in [0.1, 0.15) is 0 Å². The number of carbonyl (C=O) groups excluding carboxylic acids is 3. The molecule has 1 unspecified atom stereocenters. The Labute approximate surface area is 147 Å². The molecule has 3 rings (SSSR count). The molecule has 1 atom stereocenters. The molecule has 25 heavy (non-hydrogen) atoms. The Morgan fingerprint density at radius 1 is 1.16 bits per heavy atom. The first-order valence-electron chi connectivity index (χ1n) is 8.69. The predicted molar refractivity (Wildman–Crippen MR) is 92.3 cm³/mol. The molecule has 134 valence electrons. The summed E-state index contributed by atoms with van der Waals surface area (Å²) in [7, 11) is 0. The molecule has 0 saturated carbocycles. The van der Waals surface area contributed by atoms with Gasteiger partial charge in [-0.15, -0.1) is 0 Å². The van der Waals surface area contributed by atoms with Crippen molar-refractivity contribution in [2.75, 3.05) is 19.6 Å². The summed E-state index contributed by atoms with van der Waals surface area (Å²) in [6.45, 7) is 2.13. The molecular weight excluding hydrogens is 320 g/mol. The molecule has 2 fully saturated rings. The van der Waals surface area contributed by atoms with Crippen molar-refractivity contribution >= 4 is 17.8 Å². The number of likely N-dealkylation sites (tertiary alicyclic amines) is 2. The molecule has 2 heterocycles. The Morgan fingerprint density at radius 2 is 1.84 bits per heavy atom. The van der Waals surface area contributed by atoms with Crippen LogP contribution in [0.25, 0.3) is 0 Å². The van der Waals surface area contributed by atoms with Gasteiger partial charge < -0.3 is 20.9 Å². The fourth-order valence-electron chi connectivity index (χ4n) is 3.46. The van der Waals surface area contributed by atoms with E-state index in [0.29, 0.717) is 45.4 Å². The van der Waals surface area contributed by atoms with Gasteiger partial charge >= 0.3 is 6.03 Å². The lowest BCUT2D eigenvalue weighted by Gasteiger charge is -2.31. The van der Waals surface area contributed by atoms with E-state index in [2.05, 4.69) is 5.32 Å². The summed E-state index contributed by atoms with van der Waals surface area (Å²) in [5.74, 6) is -0.377. The number of nitrogens with one attached hydrogen (secondary N) is 1. The minimum atomic E-state index is -0.294. The predicted octanol–water partition coefficient (Wildman–Crippen LogP) is 0.694. The number of piperidine rings is 1. The van der Waals surface area contributed by atoms with Crippen molar-refractivity contribution in [2.24, 2.45) is 11.7 Å². The van der Waals surface area contributed by atoms with Crippen molar-refractivity contribution in [3.8, 4) is 0 Å². The van der Waals surface area contributed by atoms with Gasteiger partial charge in [0.05, 0.1) is 6.04 Å². The number of urea groups is 1. The molecule has 0 aromatic heterocycles. The van der Waals surface area contributed by atoms with Gasteiger partial charge in [0.25, 0.3) is 0 Å². The molecule has 7 nitrogen and oxygen atoms in total. The standard InChI is InChI=1S/C18H24N4O3/c19-17(24)14-6-8-21(9-7-14)18(25)20-15-10-16(23)22(12-15)11-13-4-2-1-3-5-13/h1-5,14-15H,6-12H2,(H2,19,24)(H,20,25). The second-order valence-corrected chi connectivity index (χ2v) is 6.77. The second kappa shape index (κ2) is 7.55. The lowest BCUT2D eigenvalue weighted by Crippen LogP contribution is -2.49. The summed E-state index contributed by atoms with van der Waals surface area (Å²) >= 11 is 0. The van der Waals surface area contributed by atoms with Crippen LogP contribution in [0.3, 0.4) is 0 Å². The number of nitrogens with two attached hydrogens (primary N) is 1. The minimum absolute atomic E-state index is 0.0570. The highest BCUT2D eigenvalue weighted by Gasteiger charge is 2.32. The van der Waals surface area contributed by atoms with E-state index >= 15 is 0 Å². The van der Waals surface area contributed by atoms with E-state index in [0.717, 1.165) is 5.56 Å². The van der Waals surface area contributed by atoms with Crippen LogP contribution >= 0.6 is 0 Å². The van der Waals surface area contributed by atoms with Gasteiger partial charge in [-0.1, -0.05) is 30.3 Å². The van der Waals surface area contributed by atoms with Crippen molar-refractivity contribution in [1.29, 1.82) is 0 Å². The van der Waals surface area contributed by atoms with Crippen LogP contribution < -0.4 is 11.1 Å². The Morgan fingerprint density at radius 3 is 2.48 bits per heavy atom. The zero-order valence-electron chi connectivity index (χ0n) is 14.2. The fourth-order valence-corrected chi connectivity index (χ4v) is 3.46. The lowest BCUT2D eigenvalue weighted by atomic mass is 9.96. The molecule has 3 N–H and O–H groups in total. The number of carbonyl (C=O) groups is 3. The molecule has 0 radical (unpaired) electrons. The van der Waals surface area contributed by atoms with E-state index < -0.39 is 0 Å². The smallest absolute Gasteiger partial charge is 0.317 e.